The molecule has 12 rings (SSSR count). The van der Waals surface area contributed by atoms with Gasteiger partial charge in [0.1, 0.15) is 27.3 Å². The van der Waals surface area contributed by atoms with Gasteiger partial charge in [0, 0.05) is 64.3 Å². The van der Waals surface area contributed by atoms with Crippen molar-refractivity contribution in [2.75, 3.05) is 4.90 Å². The number of anilines is 3. The summed E-state index contributed by atoms with van der Waals surface area (Å²) in [6.07, 6.45) is 0. The third kappa shape index (κ3) is 4.85. The van der Waals surface area contributed by atoms with Crippen molar-refractivity contribution in [2.45, 2.75) is 0 Å². The van der Waals surface area contributed by atoms with Crippen molar-refractivity contribution >= 4 is 114 Å². The molecule has 8 aromatic carbocycles. The Morgan fingerprint density at radius 3 is 1.69 bits per heavy atom. The molecule has 0 saturated heterocycles. The van der Waals surface area contributed by atoms with Gasteiger partial charge in [0.05, 0.1) is 10.2 Å². The second-order valence-corrected chi connectivity index (χ2v) is 16.0. The van der Waals surface area contributed by atoms with Crippen LogP contribution in [0.4, 0.5) is 17.1 Å². The Morgan fingerprint density at radius 2 is 1.00 bits per heavy atom. The van der Waals surface area contributed by atoms with Gasteiger partial charge in [-0.05, 0) is 90.0 Å². The molecule has 6 heteroatoms. The Kier molecular flexibility index (Phi) is 6.64. The average Bonchev–Trinajstić information content (AvgIpc) is 4.02. The van der Waals surface area contributed by atoms with Gasteiger partial charge < -0.3 is 13.7 Å². The van der Waals surface area contributed by atoms with E-state index in [1.165, 1.54) is 36.0 Å². The maximum atomic E-state index is 6.22. The summed E-state index contributed by atoms with van der Waals surface area (Å²) < 4.78 is 16.3. The Balaban J connectivity index is 0.966. The molecule has 55 heavy (non-hydrogen) atoms. The number of hydrogen-bond acceptors (Lipinski definition) is 6. The molecule has 0 aliphatic heterocycles. The van der Waals surface area contributed by atoms with Gasteiger partial charge >= 0.3 is 0 Å². The van der Waals surface area contributed by atoms with E-state index in [-0.39, 0.29) is 0 Å². The van der Waals surface area contributed by atoms with E-state index in [0.29, 0.717) is 0 Å². The van der Waals surface area contributed by atoms with Crippen molar-refractivity contribution in [3.63, 3.8) is 0 Å². The molecule has 0 radical (unpaired) electrons. The third-order valence-corrected chi connectivity index (χ3v) is 13.0. The molecule has 4 aromatic heterocycles. The van der Waals surface area contributed by atoms with Crippen LogP contribution in [0.5, 0.6) is 0 Å². The maximum Gasteiger partial charge on any atom is 0.135 e. The fourth-order valence-corrected chi connectivity index (χ4v) is 10.4. The maximum absolute atomic E-state index is 6.22. The number of para-hydroxylation sites is 2. The molecule has 0 fully saturated rings. The van der Waals surface area contributed by atoms with Gasteiger partial charge in [0.2, 0.25) is 0 Å². The summed E-state index contributed by atoms with van der Waals surface area (Å²) in [6.45, 7) is 0. The van der Waals surface area contributed by atoms with Gasteiger partial charge in [-0.15, -0.1) is 22.7 Å². The Hall–Kier alpha value is -6.73. The lowest BCUT2D eigenvalue weighted by Gasteiger charge is -2.26. The summed E-state index contributed by atoms with van der Waals surface area (Å²) in [5.74, 6) is 0. The molecular weight excluding hydrogens is 713 g/mol. The van der Waals surface area contributed by atoms with Crippen molar-refractivity contribution < 1.29 is 8.83 Å². The molecule has 0 bridgehead atoms. The zero-order valence-electron chi connectivity index (χ0n) is 29.2. The van der Waals surface area contributed by atoms with Crippen LogP contribution in [0.2, 0.25) is 0 Å². The molecule has 12 aromatic rings. The summed E-state index contributed by atoms with van der Waals surface area (Å²) in [7, 11) is 0. The zero-order chi connectivity index (χ0) is 36.0. The molecule has 258 valence electrons. The molecule has 0 unspecified atom stereocenters. The van der Waals surface area contributed by atoms with Crippen molar-refractivity contribution in [2.24, 2.45) is 0 Å². The summed E-state index contributed by atoms with van der Waals surface area (Å²) in [6, 6.07) is 60.1. The van der Waals surface area contributed by atoms with Gasteiger partial charge in [0.15, 0.2) is 0 Å². The number of hydrogen-bond donors (Lipinski definition) is 0. The van der Waals surface area contributed by atoms with Crippen molar-refractivity contribution in [1.29, 1.82) is 0 Å². The predicted molar refractivity (Wildman–Crippen MR) is 233 cm³/mol. The SMILES string of the molecule is c1ccc(-c2nc3ccc4sc5cc(-c6ccc(N(c7ccc8oc9ccccc9c8c7)c7ccc8oc9ccccc9c8c7)cc6)ccc5c4c3s2)cc1. The van der Waals surface area contributed by atoms with Crippen LogP contribution in [0.3, 0.4) is 0 Å². The summed E-state index contributed by atoms with van der Waals surface area (Å²) in [5, 5.41) is 8.04. The number of benzene rings is 8. The minimum atomic E-state index is 0.876. The number of rotatable bonds is 5. The van der Waals surface area contributed by atoms with Crippen LogP contribution in [0, 0.1) is 0 Å². The topological polar surface area (TPSA) is 42.4 Å². The first-order chi connectivity index (χ1) is 27.2. The van der Waals surface area contributed by atoms with E-state index in [1.807, 2.05) is 35.6 Å². The van der Waals surface area contributed by atoms with Gasteiger partial charge in [-0.3, -0.25) is 0 Å². The van der Waals surface area contributed by atoms with E-state index >= 15 is 0 Å². The number of thiophene rings is 1. The number of nitrogens with zero attached hydrogens (tertiary/aromatic N) is 2. The minimum Gasteiger partial charge on any atom is -0.456 e. The van der Waals surface area contributed by atoms with Crippen molar-refractivity contribution in [1.82, 2.24) is 4.98 Å². The fourth-order valence-electron chi connectivity index (χ4n) is 8.09. The fraction of sp³-hybridized carbons (Fsp3) is 0. The van der Waals surface area contributed by atoms with E-state index < -0.39 is 0 Å². The number of furan rings is 2. The average molecular weight is 741 g/mol. The molecule has 0 spiro atoms. The number of thiazole rings is 1. The summed E-state index contributed by atoms with van der Waals surface area (Å²) >= 11 is 3.64. The van der Waals surface area contributed by atoms with Gasteiger partial charge in [-0.25, -0.2) is 4.98 Å². The second-order valence-electron chi connectivity index (χ2n) is 13.9. The largest absolute Gasteiger partial charge is 0.456 e. The van der Waals surface area contributed by atoms with Crippen LogP contribution in [0.25, 0.3) is 96.0 Å². The molecule has 0 aliphatic carbocycles. The summed E-state index contributed by atoms with van der Waals surface area (Å²) in [4.78, 5) is 7.34. The molecular formula is C49H28N2O2S2. The lowest BCUT2D eigenvalue weighted by molar-refractivity contribution is 0.668. The molecule has 0 atom stereocenters. The molecule has 4 heterocycles. The minimum absolute atomic E-state index is 0.876. The van der Waals surface area contributed by atoms with Gasteiger partial charge in [0.25, 0.3) is 0 Å². The van der Waals surface area contributed by atoms with Gasteiger partial charge in [-0.1, -0.05) is 91.0 Å². The second kappa shape index (κ2) is 11.9. The van der Waals surface area contributed by atoms with Crippen LogP contribution in [-0.2, 0) is 0 Å². The molecule has 0 amide bonds. The van der Waals surface area contributed by atoms with Gasteiger partial charge in [-0.2, -0.15) is 0 Å². The van der Waals surface area contributed by atoms with E-state index in [9.17, 15) is 0 Å². The van der Waals surface area contributed by atoms with Crippen LogP contribution >= 0.6 is 22.7 Å². The van der Waals surface area contributed by atoms with E-state index in [0.717, 1.165) is 77.0 Å². The lowest BCUT2D eigenvalue weighted by atomic mass is 10.0. The zero-order valence-corrected chi connectivity index (χ0v) is 30.8. The Labute approximate surface area is 322 Å². The molecule has 4 nitrogen and oxygen atoms in total. The highest BCUT2D eigenvalue weighted by molar-refractivity contribution is 7.28. The van der Waals surface area contributed by atoms with Crippen molar-refractivity contribution in [3.8, 4) is 21.7 Å². The molecule has 0 saturated carbocycles. The highest BCUT2D eigenvalue weighted by Crippen LogP contribution is 2.45. The standard InChI is InChI=1S/C49H28N2O2S2/c1-2-8-30(9-3-1)49-50-40-22-25-45-47(48(40)55-49)37-21-16-31(26-46(37)54-45)29-14-17-32(18-15-29)51(33-19-23-43-38(27-33)35-10-4-6-12-41(35)52-43)34-20-24-44-39(28-34)36-11-5-7-13-42(36)53-44/h1-28H. The van der Waals surface area contributed by atoms with E-state index in [1.54, 1.807) is 11.3 Å². The lowest BCUT2D eigenvalue weighted by Crippen LogP contribution is -2.09. The number of aromatic nitrogens is 1. The van der Waals surface area contributed by atoms with Crippen molar-refractivity contribution in [3.05, 3.63) is 170 Å². The third-order valence-electron chi connectivity index (χ3n) is 10.7. The first-order valence-corrected chi connectivity index (χ1v) is 19.9. The van der Waals surface area contributed by atoms with Crippen LogP contribution in [0.15, 0.2) is 179 Å². The normalized spacial score (nSPS) is 12.0. The van der Waals surface area contributed by atoms with Crippen LogP contribution < -0.4 is 4.90 Å². The smallest absolute Gasteiger partial charge is 0.135 e. The molecule has 0 N–H and O–H groups in total. The van der Waals surface area contributed by atoms with Crippen LogP contribution in [-0.4, -0.2) is 4.98 Å². The molecule has 0 aliphatic rings. The van der Waals surface area contributed by atoms with Crippen LogP contribution in [0.1, 0.15) is 0 Å². The first kappa shape index (κ1) is 30.7. The predicted octanol–water partition coefficient (Wildman–Crippen LogP) is 15.3. The quantitative estimate of drug-likeness (QED) is 0.176. The first-order valence-electron chi connectivity index (χ1n) is 18.3. The van der Waals surface area contributed by atoms with E-state index in [2.05, 4.69) is 150 Å². The Bertz CT molecular complexity index is 3330. The Morgan fingerprint density at radius 1 is 0.400 bits per heavy atom. The number of fused-ring (bicyclic) bond motifs is 11. The highest BCUT2D eigenvalue weighted by Gasteiger charge is 2.19. The monoisotopic (exact) mass is 740 g/mol. The highest BCUT2D eigenvalue weighted by atomic mass is 32.1. The van der Waals surface area contributed by atoms with E-state index in [4.69, 9.17) is 13.8 Å². The summed E-state index contributed by atoms with van der Waals surface area (Å²) in [5.41, 5.74) is 11.3.